The molecule has 0 saturated carbocycles. The summed E-state index contributed by atoms with van der Waals surface area (Å²) < 4.78 is 18.3. The number of aromatic nitrogens is 6. The predicted octanol–water partition coefficient (Wildman–Crippen LogP) is 3.58. The molecule has 4 rings (SSSR count). The van der Waals surface area contributed by atoms with Crippen LogP contribution in [0, 0.1) is 12.3 Å². The van der Waals surface area contributed by atoms with Gasteiger partial charge in [0.15, 0.2) is 5.16 Å². The molecular weight excluding hydrogens is 776 g/mol. The highest BCUT2D eigenvalue weighted by Gasteiger charge is 2.20. The Morgan fingerprint density at radius 3 is 2.33 bits per heavy atom. The van der Waals surface area contributed by atoms with Crippen LogP contribution in [-0.2, 0) is 33.2 Å². The third kappa shape index (κ3) is 18.7. The zero-order valence-electron chi connectivity index (χ0n) is 30.5. The number of thioether (sulfide) groups is 1. The number of anilines is 2. The Hall–Kier alpha value is -3.01. The molecule has 5 N–H and O–H groups in total. The molecular formula is C31H48Cl2N9O7PS2. The van der Waals surface area contributed by atoms with Crippen LogP contribution in [0.25, 0.3) is 5.69 Å². The van der Waals surface area contributed by atoms with Crippen molar-refractivity contribution < 1.29 is 29.0 Å². The Morgan fingerprint density at radius 1 is 1.17 bits per heavy atom. The molecule has 1 atom stereocenters. The van der Waals surface area contributed by atoms with Crippen molar-refractivity contribution in [2.24, 2.45) is 0 Å². The maximum atomic E-state index is 12.5. The van der Waals surface area contributed by atoms with E-state index in [-0.39, 0.29) is 17.8 Å². The molecule has 52 heavy (non-hydrogen) atoms. The number of carboxylic acid groups (broad SMARTS) is 1. The van der Waals surface area contributed by atoms with Gasteiger partial charge in [0, 0.05) is 31.1 Å². The molecule has 16 nitrogen and oxygen atoms in total. The van der Waals surface area contributed by atoms with Crippen molar-refractivity contribution in [3.8, 4) is 23.8 Å². The number of aryl methyl sites for hydroxylation is 1. The molecule has 0 amide bonds. The van der Waals surface area contributed by atoms with E-state index in [9.17, 15) is 19.0 Å². The van der Waals surface area contributed by atoms with Crippen LogP contribution in [0.2, 0.25) is 10.0 Å². The third-order valence-corrected chi connectivity index (χ3v) is 7.49. The summed E-state index contributed by atoms with van der Waals surface area (Å²) in [7, 11) is -3.71. The molecule has 1 aromatic carbocycles. The van der Waals surface area contributed by atoms with E-state index in [2.05, 4.69) is 76.1 Å². The van der Waals surface area contributed by atoms with Crippen molar-refractivity contribution in [3.05, 3.63) is 38.5 Å². The van der Waals surface area contributed by atoms with Crippen molar-refractivity contribution in [1.29, 1.82) is 0 Å². The van der Waals surface area contributed by atoms with E-state index in [4.69, 9.17) is 44.4 Å². The zero-order chi connectivity index (χ0) is 39.6. The first-order chi connectivity index (χ1) is 24.2. The Labute approximate surface area is 321 Å². The van der Waals surface area contributed by atoms with Gasteiger partial charge in [-0.1, -0.05) is 40.9 Å². The van der Waals surface area contributed by atoms with Crippen LogP contribution < -0.4 is 31.3 Å². The van der Waals surface area contributed by atoms with Gasteiger partial charge < -0.3 is 34.8 Å². The summed E-state index contributed by atoms with van der Waals surface area (Å²) in [6.07, 6.45) is 15.8. The maximum absolute atomic E-state index is 12.5. The fourth-order valence-electron chi connectivity index (χ4n) is 3.85. The summed E-state index contributed by atoms with van der Waals surface area (Å²) in [5, 5.41) is 22.1. The summed E-state index contributed by atoms with van der Waals surface area (Å²) in [4.78, 5) is 53.1. The van der Waals surface area contributed by atoms with Crippen LogP contribution in [0.4, 0.5) is 11.9 Å². The van der Waals surface area contributed by atoms with Gasteiger partial charge >= 0.3 is 11.7 Å². The van der Waals surface area contributed by atoms with Crippen molar-refractivity contribution in [1.82, 2.24) is 34.6 Å². The van der Waals surface area contributed by atoms with Gasteiger partial charge in [-0.2, -0.15) is 19.6 Å². The molecule has 0 saturated heterocycles. The van der Waals surface area contributed by atoms with E-state index < -0.39 is 26.4 Å². The lowest BCUT2D eigenvalue weighted by Gasteiger charge is -2.20. The molecule has 0 radical (unpaired) electrons. The van der Waals surface area contributed by atoms with Gasteiger partial charge in [0.25, 0.3) is 0 Å². The largest absolute Gasteiger partial charge is 0.778 e. The lowest BCUT2D eigenvalue weighted by atomic mass is 10.1. The topological polar surface area (TPSA) is 221 Å². The molecule has 1 unspecified atom stereocenters. The van der Waals surface area contributed by atoms with Crippen molar-refractivity contribution >= 4 is 71.3 Å². The van der Waals surface area contributed by atoms with Gasteiger partial charge in [-0.05, 0) is 63.8 Å². The van der Waals surface area contributed by atoms with Gasteiger partial charge in [0.05, 0.1) is 47.3 Å². The first-order valence-electron chi connectivity index (χ1n) is 15.7. The average molecular weight is 825 g/mol. The summed E-state index contributed by atoms with van der Waals surface area (Å²) in [5.41, 5.74) is 0.173. The van der Waals surface area contributed by atoms with Crippen molar-refractivity contribution in [2.45, 2.75) is 64.2 Å². The SMILES string of the molecule is C#CCOc1cc(-n2nc3n(c2=O)CCCC3)c(Cl)cc1Cl.CCNc1nc(NC(C)(C)C)nc(SC)n1.C[S+](C)C.O=C(O)CNCP(=O)([O-])O. The van der Waals surface area contributed by atoms with Gasteiger partial charge in [0.2, 0.25) is 11.9 Å². The van der Waals surface area contributed by atoms with Crippen LogP contribution in [0.5, 0.6) is 5.75 Å². The first kappa shape index (κ1) is 47.0. The molecule has 21 heteroatoms. The van der Waals surface area contributed by atoms with Gasteiger partial charge in [-0.25, -0.2) is 4.79 Å². The maximum Gasteiger partial charge on any atom is 0.350 e. The van der Waals surface area contributed by atoms with Gasteiger partial charge in [-0.3, -0.25) is 14.7 Å². The number of fused-ring (bicyclic) bond motifs is 1. The number of nitrogens with zero attached hydrogens (tertiary/aromatic N) is 6. The van der Waals surface area contributed by atoms with E-state index in [1.54, 1.807) is 10.6 Å². The fourth-order valence-corrected chi connectivity index (χ4v) is 5.12. The minimum Gasteiger partial charge on any atom is -0.778 e. The number of carboxylic acids is 1. The number of nitrogens with one attached hydrogen (secondary N) is 3. The van der Waals surface area contributed by atoms with Crippen LogP contribution in [0.15, 0.2) is 22.1 Å². The number of aliphatic carboxylic acids is 1. The fraction of sp³-hybridized carbons (Fsp3) is 0.548. The molecule has 1 aliphatic heterocycles. The van der Waals surface area contributed by atoms with Crippen LogP contribution in [0.3, 0.4) is 0 Å². The van der Waals surface area contributed by atoms with E-state index in [0.717, 1.165) is 36.8 Å². The molecule has 0 aliphatic carbocycles. The van der Waals surface area contributed by atoms with E-state index in [1.807, 2.05) is 18.5 Å². The number of rotatable bonds is 11. The molecule has 3 aromatic rings. The monoisotopic (exact) mass is 823 g/mol. The van der Waals surface area contributed by atoms with Gasteiger partial charge in [-0.15, -0.1) is 11.5 Å². The Kier molecular flexibility index (Phi) is 20.7. The van der Waals surface area contributed by atoms with E-state index >= 15 is 0 Å². The number of hydrogen-bond acceptors (Lipinski definition) is 13. The Balaban J connectivity index is 0.000000396. The number of hydrogen-bond donors (Lipinski definition) is 5. The number of halogens is 2. The summed E-state index contributed by atoms with van der Waals surface area (Å²) >= 11 is 13.8. The second kappa shape index (κ2) is 22.9. The highest BCUT2D eigenvalue weighted by atomic mass is 35.5. The third-order valence-electron chi connectivity index (χ3n) is 5.72. The molecule has 290 valence electrons. The normalized spacial score (nSPS) is 13.0. The molecule has 2 aromatic heterocycles. The number of benzene rings is 1. The second-order valence-corrected chi connectivity index (χ2v) is 17.8. The molecule has 1 aliphatic rings. The highest BCUT2D eigenvalue weighted by Crippen LogP contribution is 2.33. The minimum absolute atomic E-state index is 0.0550. The number of carbonyl (C=O) groups is 1. The summed E-state index contributed by atoms with van der Waals surface area (Å²) in [6, 6.07) is 3.11. The molecule has 0 spiro atoms. The lowest BCUT2D eigenvalue weighted by molar-refractivity contribution is -0.193. The van der Waals surface area contributed by atoms with Crippen LogP contribution in [0.1, 0.15) is 46.4 Å². The summed E-state index contributed by atoms with van der Waals surface area (Å²) in [6.45, 7) is 9.31. The van der Waals surface area contributed by atoms with Crippen molar-refractivity contribution in [2.75, 3.05) is 61.6 Å². The van der Waals surface area contributed by atoms with Gasteiger partial charge in [0.1, 0.15) is 25.8 Å². The lowest BCUT2D eigenvalue weighted by Crippen LogP contribution is -2.27. The second-order valence-electron chi connectivity index (χ2n) is 12.2. The standard InChI is InChI=1S/C15H13Cl2N3O2.C10H19N5S.C3H8NO5P.C3H9S/c1-2-7-22-13-9-12(10(16)8-11(13)17)20-15(21)19-6-4-3-5-14(19)18-20;1-6-11-7-12-8(15-10(2,3)4)14-9(13-7)16-5;5-3(6)1-4-2-10(7,8)9;1-4(2)3/h1,8-9H,3-7H2;6H2,1-5H3,(H2,11,12,13,14,15);4H,1-2H2,(H,5,6)(H2,7,8,9);1-3H3/q;;;+1/p-1. The first-order valence-corrected chi connectivity index (χ1v) is 21.9. The Morgan fingerprint density at radius 2 is 1.81 bits per heavy atom. The summed E-state index contributed by atoms with van der Waals surface area (Å²) in [5.74, 6) is 3.57. The smallest absolute Gasteiger partial charge is 0.350 e. The predicted molar refractivity (Wildman–Crippen MR) is 210 cm³/mol. The van der Waals surface area contributed by atoms with E-state index in [1.165, 1.54) is 22.5 Å². The quantitative estimate of drug-likeness (QED) is 0.0808. The molecule has 0 fully saturated rings. The minimum atomic E-state index is -4.35. The zero-order valence-corrected chi connectivity index (χ0v) is 34.6. The highest BCUT2D eigenvalue weighted by molar-refractivity contribution is 7.98. The Bertz CT molecular complexity index is 1740. The number of ether oxygens (including phenoxy) is 1. The van der Waals surface area contributed by atoms with Crippen LogP contribution in [-0.4, -0.2) is 102 Å². The van der Waals surface area contributed by atoms with Crippen molar-refractivity contribution in [3.63, 3.8) is 0 Å². The van der Waals surface area contributed by atoms with Crippen LogP contribution >= 0.6 is 42.6 Å². The number of terminal acetylenes is 1. The van der Waals surface area contributed by atoms with E-state index in [0.29, 0.717) is 50.8 Å². The average Bonchev–Trinajstić information content (AvgIpc) is 3.35. The molecule has 0 bridgehead atoms. The molecule has 3 heterocycles.